The summed E-state index contributed by atoms with van der Waals surface area (Å²) in [5.74, 6) is -0.543. The first-order chi connectivity index (χ1) is 13.2. The van der Waals surface area contributed by atoms with Crippen LogP contribution in [0.1, 0.15) is 18.4 Å². The Morgan fingerprint density at radius 1 is 1.32 bits per heavy atom. The number of carbonyl (C=O) groups excluding carboxylic acids is 2. The molecule has 7 nitrogen and oxygen atoms in total. The van der Waals surface area contributed by atoms with E-state index >= 15 is 0 Å². The van der Waals surface area contributed by atoms with Crippen LogP contribution in [-0.4, -0.2) is 56.7 Å². The number of halogens is 4. The van der Waals surface area contributed by atoms with E-state index in [0.717, 1.165) is 12.3 Å². The topological polar surface area (TPSA) is 83.6 Å². The van der Waals surface area contributed by atoms with Gasteiger partial charge in [-0.15, -0.1) is 0 Å². The van der Waals surface area contributed by atoms with E-state index in [1.807, 2.05) is 0 Å². The van der Waals surface area contributed by atoms with Gasteiger partial charge in [0.05, 0.1) is 23.7 Å². The molecule has 2 amide bonds. The van der Waals surface area contributed by atoms with E-state index < -0.39 is 11.7 Å². The lowest BCUT2D eigenvalue weighted by atomic mass is 9.96. The van der Waals surface area contributed by atoms with E-state index in [2.05, 4.69) is 15.6 Å². The Kier molecular flexibility index (Phi) is 7.88. The van der Waals surface area contributed by atoms with Crippen molar-refractivity contribution < 1.29 is 27.5 Å². The predicted molar refractivity (Wildman–Crippen MR) is 97.1 cm³/mol. The second kappa shape index (κ2) is 9.92. The summed E-state index contributed by atoms with van der Waals surface area (Å²) < 4.78 is 42.9. The Hall–Kier alpha value is -2.07. The molecule has 0 spiro atoms. The number of hydrogen-bond donors (Lipinski definition) is 2. The normalized spacial score (nSPS) is 15.4. The summed E-state index contributed by atoms with van der Waals surface area (Å²) in [7, 11) is 1.52. The molecule has 1 aromatic heterocycles. The predicted octanol–water partition coefficient (Wildman–Crippen LogP) is 1.85. The van der Waals surface area contributed by atoms with Gasteiger partial charge in [0.2, 0.25) is 11.8 Å². The summed E-state index contributed by atoms with van der Waals surface area (Å²) in [6, 6.07) is 0.852. The van der Waals surface area contributed by atoms with E-state index in [-0.39, 0.29) is 35.1 Å². The fourth-order valence-corrected chi connectivity index (χ4v) is 3.12. The number of carbonyl (C=O) groups is 2. The summed E-state index contributed by atoms with van der Waals surface area (Å²) in [5, 5.41) is 5.12. The molecule has 11 heteroatoms. The number of pyridine rings is 1. The number of nitrogens with one attached hydrogen (secondary N) is 2. The van der Waals surface area contributed by atoms with Gasteiger partial charge in [0.1, 0.15) is 5.82 Å². The Morgan fingerprint density at radius 2 is 2.00 bits per heavy atom. The van der Waals surface area contributed by atoms with Crippen molar-refractivity contribution >= 4 is 29.2 Å². The number of anilines is 1. The molecule has 0 saturated carbocycles. The first kappa shape index (κ1) is 22.2. The van der Waals surface area contributed by atoms with E-state index in [1.54, 1.807) is 4.90 Å². The molecule has 1 saturated heterocycles. The van der Waals surface area contributed by atoms with Gasteiger partial charge in [0.25, 0.3) is 0 Å². The third kappa shape index (κ3) is 6.23. The molecule has 156 valence electrons. The van der Waals surface area contributed by atoms with Gasteiger partial charge in [0, 0.05) is 38.9 Å². The minimum atomic E-state index is -4.50. The van der Waals surface area contributed by atoms with Crippen molar-refractivity contribution in [3.63, 3.8) is 0 Å². The minimum Gasteiger partial charge on any atom is -0.383 e. The third-order valence-corrected chi connectivity index (χ3v) is 4.64. The number of alkyl halides is 3. The second-order valence-corrected chi connectivity index (χ2v) is 6.76. The molecular weight excluding hydrogens is 401 g/mol. The van der Waals surface area contributed by atoms with E-state index in [4.69, 9.17) is 16.3 Å². The van der Waals surface area contributed by atoms with Crippen LogP contribution in [0.4, 0.5) is 19.0 Å². The second-order valence-electron chi connectivity index (χ2n) is 6.35. The maximum atomic E-state index is 12.7. The van der Waals surface area contributed by atoms with Crippen molar-refractivity contribution in [3.05, 3.63) is 22.8 Å². The highest BCUT2D eigenvalue weighted by molar-refractivity contribution is 6.33. The van der Waals surface area contributed by atoms with Crippen molar-refractivity contribution in [1.82, 2.24) is 15.6 Å². The molecular formula is C17H22ClF3N4O3. The van der Waals surface area contributed by atoms with Crippen molar-refractivity contribution in [2.75, 3.05) is 44.8 Å². The number of piperidine rings is 1. The third-order valence-electron chi connectivity index (χ3n) is 4.37. The molecule has 0 aliphatic carbocycles. The molecule has 0 bridgehead atoms. The molecule has 2 rings (SSSR count). The van der Waals surface area contributed by atoms with Crippen molar-refractivity contribution in [3.8, 4) is 0 Å². The largest absolute Gasteiger partial charge is 0.417 e. The lowest BCUT2D eigenvalue weighted by Gasteiger charge is -2.32. The molecule has 0 radical (unpaired) electrons. The Morgan fingerprint density at radius 3 is 2.57 bits per heavy atom. The molecule has 0 aromatic carbocycles. The van der Waals surface area contributed by atoms with Crippen LogP contribution in [-0.2, 0) is 20.5 Å². The van der Waals surface area contributed by atoms with E-state index in [9.17, 15) is 22.8 Å². The van der Waals surface area contributed by atoms with Gasteiger partial charge in [-0.25, -0.2) is 4.98 Å². The summed E-state index contributed by atoms with van der Waals surface area (Å²) >= 11 is 5.97. The number of amides is 2. The smallest absolute Gasteiger partial charge is 0.383 e. The fraction of sp³-hybridized carbons (Fsp3) is 0.588. The van der Waals surface area contributed by atoms with Crippen LogP contribution in [0.3, 0.4) is 0 Å². The minimum absolute atomic E-state index is 0.0783. The Bertz CT molecular complexity index is 695. The van der Waals surface area contributed by atoms with Crippen LogP contribution in [0.15, 0.2) is 12.3 Å². The fourth-order valence-electron chi connectivity index (χ4n) is 2.84. The average Bonchev–Trinajstić information content (AvgIpc) is 2.65. The van der Waals surface area contributed by atoms with Crippen LogP contribution in [0.25, 0.3) is 0 Å². The number of aromatic nitrogens is 1. The van der Waals surface area contributed by atoms with Gasteiger partial charge in [-0.3, -0.25) is 9.59 Å². The highest BCUT2D eigenvalue weighted by Crippen LogP contribution is 2.34. The lowest BCUT2D eigenvalue weighted by Crippen LogP contribution is -2.44. The van der Waals surface area contributed by atoms with Crippen molar-refractivity contribution in [2.45, 2.75) is 19.0 Å². The lowest BCUT2D eigenvalue weighted by molar-refractivity contribution is -0.137. The average molecular weight is 423 g/mol. The summed E-state index contributed by atoms with van der Waals surface area (Å²) in [6.45, 7) is 1.49. The zero-order valence-electron chi connectivity index (χ0n) is 15.3. The Balaban J connectivity index is 1.82. The molecule has 1 aliphatic rings. The molecule has 2 N–H and O–H groups in total. The first-order valence-electron chi connectivity index (χ1n) is 8.73. The molecule has 1 aromatic rings. The van der Waals surface area contributed by atoms with Crippen LogP contribution in [0, 0.1) is 5.92 Å². The van der Waals surface area contributed by atoms with Crippen LogP contribution in [0.2, 0.25) is 5.02 Å². The zero-order valence-corrected chi connectivity index (χ0v) is 16.1. The van der Waals surface area contributed by atoms with E-state index in [1.165, 1.54) is 7.11 Å². The maximum Gasteiger partial charge on any atom is 0.417 e. The van der Waals surface area contributed by atoms with Crippen LogP contribution in [0.5, 0.6) is 0 Å². The number of rotatable bonds is 7. The maximum absolute atomic E-state index is 12.7. The highest BCUT2D eigenvalue weighted by Gasteiger charge is 2.33. The summed E-state index contributed by atoms with van der Waals surface area (Å²) in [4.78, 5) is 29.4. The van der Waals surface area contributed by atoms with Gasteiger partial charge >= 0.3 is 6.18 Å². The van der Waals surface area contributed by atoms with Gasteiger partial charge < -0.3 is 20.3 Å². The van der Waals surface area contributed by atoms with Gasteiger partial charge in [-0.05, 0) is 18.9 Å². The van der Waals surface area contributed by atoms with Crippen molar-refractivity contribution in [1.29, 1.82) is 0 Å². The number of nitrogens with zero attached hydrogens (tertiary/aromatic N) is 2. The molecule has 2 heterocycles. The quantitative estimate of drug-likeness (QED) is 0.655. The molecule has 1 aliphatic heterocycles. The number of methoxy groups -OCH3 is 1. The Labute approximate surface area is 165 Å². The zero-order chi connectivity index (χ0) is 20.7. The van der Waals surface area contributed by atoms with Gasteiger partial charge in [-0.1, -0.05) is 11.6 Å². The molecule has 0 unspecified atom stereocenters. The monoisotopic (exact) mass is 422 g/mol. The highest BCUT2D eigenvalue weighted by atomic mass is 35.5. The standard InChI is InChI=1S/C17H22ClF3N4O3/c1-28-7-4-22-14(26)10-24-16(27)11-2-5-25(6-3-11)15-13(18)8-12(9-23-15)17(19,20)21/h8-9,11H,2-7,10H2,1H3,(H,22,26)(H,24,27). The van der Waals surface area contributed by atoms with Crippen molar-refractivity contribution in [2.24, 2.45) is 5.92 Å². The number of hydrogen-bond acceptors (Lipinski definition) is 5. The van der Waals surface area contributed by atoms with Crippen LogP contribution < -0.4 is 15.5 Å². The first-order valence-corrected chi connectivity index (χ1v) is 9.11. The summed E-state index contributed by atoms with van der Waals surface area (Å²) in [5.41, 5.74) is -0.903. The summed E-state index contributed by atoms with van der Waals surface area (Å²) in [6.07, 6.45) is -2.79. The number of ether oxygens (including phenoxy) is 1. The SMILES string of the molecule is COCCNC(=O)CNC(=O)C1CCN(c2ncc(C(F)(F)F)cc2Cl)CC1. The van der Waals surface area contributed by atoms with Crippen LogP contribution >= 0.6 is 11.6 Å². The van der Waals surface area contributed by atoms with Gasteiger partial charge in [0.15, 0.2) is 0 Å². The van der Waals surface area contributed by atoms with Gasteiger partial charge in [-0.2, -0.15) is 13.2 Å². The van der Waals surface area contributed by atoms with E-state index in [0.29, 0.717) is 39.1 Å². The molecule has 0 atom stereocenters. The molecule has 1 fully saturated rings. The molecule has 28 heavy (non-hydrogen) atoms.